The zero-order valence-electron chi connectivity index (χ0n) is 10.7. The molecular formula is C11H15N7S. The minimum atomic E-state index is 0.327. The summed E-state index contributed by atoms with van der Waals surface area (Å²) in [6, 6.07) is 7.97. The number of rotatable bonds is 4. The third kappa shape index (κ3) is 3.10. The van der Waals surface area contributed by atoms with Crippen molar-refractivity contribution in [3.63, 3.8) is 0 Å². The highest BCUT2D eigenvalue weighted by Crippen LogP contribution is 2.10. The highest BCUT2D eigenvalue weighted by atomic mass is 32.1. The van der Waals surface area contributed by atoms with Crippen LogP contribution in [0.1, 0.15) is 5.56 Å². The van der Waals surface area contributed by atoms with Crippen LogP contribution in [0.2, 0.25) is 0 Å². The summed E-state index contributed by atoms with van der Waals surface area (Å²) in [6.45, 7) is 0. The third-order valence-corrected chi connectivity index (χ3v) is 2.78. The van der Waals surface area contributed by atoms with Crippen LogP contribution in [0, 0.1) is 4.77 Å². The number of nitrogen functional groups attached to an aromatic ring is 1. The number of hydrazone groups is 1. The molecule has 1 heterocycles. The Hall–Kier alpha value is -2.35. The quantitative estimate of drug-likeness (QED) is 0.338. The van der Waals surface area contributed by atoms with E-state index in [1.807, 2.05) is 43.3 Å². The van der Waals surface area contributed by atoms with Crippen molar-refractivity contribution in [2.75, 3.05) is 30.3 Å². The maximum Gasteiger partial charge on any atom is 0.262 e. The number of aromatic nitrogens is 3. The molecule has 0 aliphatic heterocycles. The fraction of sp³-hybridized carbons (Fsp3) is 0.182. The lowest BCUT2D eigenvalue weighted by atomic mass is 10.2. The predicted octanol–water partition coefficient (Wildman–Crippen LogP) is 1.17. The molecule has 0 saturated carbocycles. The lowest BCUT2D eigenvalue weighted by Crippen LogP contribution is -2.11. The molecule has 4 N–H and O–H groups in total. The second-order valence-corrected chi connectivity index (χ2v) is 4.47. The van der Waals surface area contributed by atoms with Crippen LogP contribution >= 0.6 is 12.2 Å². The number of hydrogen-bond acceptors (Lipinski definition) is 6. The number of benzene rings is 1. The molecule has 100 valence electrons. The lowest BCUT2D eigenvalue weighted by molar-refractivity contribution is 0.971. The molecule has 0 amide bonds. The van der Waals surface area contributed by atoms with Gasteiger partial charge in [-0.3, -0.25) is 0 Å². The standard InChI is InChI=1S/C11H15N7S/c1-17(2)9-5-3-8(4-6-9)7-13-14-10-15-16-11(19)18(10)12/h3-7H,12H2,1-2H3,(H,14,15)(H,16,19). The number of nitrogens with zero attached hydrogens (tertiary/aromatic N) is 4. The fourth-order valence-electron chi connectivity index (χ4n) is 1.41. The van der Waals surface area contributed by atoms with Gasteiger partial charge in [0.15, 0.2) is 0 Å². The molecule has 0 atom stereocenters. The maximum atomic E-state index is 5.61. The molecule has 0 unspecified atom stereocenters. The van der Waals surface area contributed by atoms with Crippen molar-refractivity contribution in [1.29, 1.82) is 0 Å². The Morgan fingerprint density at radius 2 is 2.11 bits per heavy atom. The van der Waals surface area contributed by atoms with Gasteiger partial charge >= 0.3 is 0 Å². The molecule has 2 rings (SSSR count). The van der Waals surface area contributed by atoms with E-state index < -0.39 is 0 Å². The van der Waals surface area contributed by atoms with Crippen molar-refractivity contribution in [1.82, 2.24) is 14.9 Å². The summed E-state index contributed by atoms with van der Waals surface area (Å²) in [5, 5.41) is 10.5. The van der Waals surface area contributed by atoms with E-state index in [1.54, 1.807) is 6.21 Å². The van der Waals surface area contributed by atoms with E-state index in [2.05, 4.69) is 20.7 Å². The number of hydrogen-bond donors (Lipinski definition) is 3. The highest BCUT2D eigenvalue weighted by Gasteiger charge is 1.99. The van der Waals surface area contributed by atoms with E-state index >= 15 is 0 Å². The Labute approximate surface area is 115 Å². The van der Waals surface area contributed by atoms with Gasteiger partial charge in [-0.25, -0.2) is 10.5 Å². The van der Waals surface area contributed by atoms with Crippen molar-refractivity contribution < 1.29 is 0 Å². The van der Waals surface area contributed by atoms with Crippen LogP contribution in [0.5, 0.6) is 0 Å². The van der Waals surface area contributed by atoms with E-state index in [0.717, 1.165) is 11.3 Å². The van der Waals surface area contributed by atoms with E-state index in [0.29, 0.717) is 10.7 Å². The SMILES string of the molecule is CN(C)c1ccc(C=NNc2n[nH]c(=S)n2N)cc1. The Balaban J connectivity index is 2.03. The minimum Gasteiger partial charge on any atom is -0.378 e. The van der Waals surface area contributed by atoms with Crippen LogP contribution < -0.4 is 16.2 Å². The van der Waals surface area contributed by atoms with Crippen molar-refractivity contribution in [3.8, 4) is 0 Å². The second kappa shape index (κ2) is 5.53. The van der Waals surface area contributed by atoms with Gasteiger partial charge < -0.3 is 10.7 Å². The van der Waals surface area contributed by atoms with Crippen molar-refractivity contribution >= 4 is 30.1 Å². The normalized spacial score (nSPS) is 10.8. The molecule has 1 aromatic heterocycles. The zero-order valence-corrected chi connectivity index (χ0v) is 11.5. The van der Waals surface area contributed by atoms with Gasteiger partial charge in [0.05, 0.1) is 6.21 Å². The second-order valence-electron chi connectivity index (χ2n) is 4.08. The summed E-state index contributed by atoms with van der Waals surface area (Å²) >= 11 is 4.88. The van der Waals surface area contributed by atoms with Crippen molar-refractivity contribution in [2.24, 2.45) is 5.10 Å². The largest absolute Gasteiger partial charge is 0.378 e. The molecule has 7 nitrogen and oxygen atoms in total. The minimum absolute atomic E-state index is 0.327. The van der Waals surface area contributed by atoms with E-state index in [9.17, 15) is 0 Å². The van der Waals surface area contributed by atoms with Gasteiger partial charge in [0.2, 0.25) is 4.77 Å². The number of aromatic amines is 1. The summed E-state index contributed by atoms with van der Waals surface area (Å²) in [7, 11) is 3.99. The Morgan fingerprint density at radius 3 is 2.63 bits per heavy atom. The van der Waals surface area contributed by atoms with Gasteiger partial charge in [0.1, 0.15) is 0 Å². The van der Waals surface area contributed by atoms with E-state index in [4.69, 9.17) is 18.1 Å². The topological polar surface area (TPSA) is 87.3 Å². The van der Waals surface area contributed by atoms with Crippen LogP contribution in [0.3, 0.4) is 0 Å². The Morgan fingerprint density at radius 1 is 1.42 bits per heavy atom. The molecule has 8 heteroatoms. The van der Waals surface area contributed by atoms with Crippen LogP contribution in [0.4, 0.5) is 11.6 Å². The van der Waals surface area contributed by atoms with Crippen LogP contribution in [0.25, 0.3) is 0 Å². The highest BCUT2D eigenvalue weighted by molar-refractivity contribution is 7.71. The first-order chi connectivity index (χ1) is 9.08. The predicted molar refractivity (Wildman–Crippen MR) is 79.5 cm³/mol. The zero-order chi connectivity index (χ0) is 13.8. The molecule has 0 saturated heterocycles. The van der Waals surface area contributed by atoms with Gasteiger partial charge in [0.25, 0.3) is 5.95 Å². The summed E-state index contributed by atoms with van der Waals surface area (Å²) < 4.78 is 1.54. The van der Waals surface area contributed by atoms with Gasteiger partial charge in [-0.05, 0) is 29.9 Å². The van der Waals surface area contributed by atoms with E-state index in [1.165, 1.54) is 4.68 Å². The average molecular weight is 277 g/mol. The maximum absolute atomic E-state index is 5.61. The summed E-state index contributed by atoms with van der Waals surface area (Å²) in [5.41, 5.74) is 4.81. The first-order valence-electron chi connectivity index (χ1n) is 5.57. The molecule has 2 aromatic rings. The molecule has 0 aliphatic carbocycles. The summed E-state index contributed by atoms with van der Waals surface area (Å²) in [4.78, 5) is 2.03. The molecular weight excluding hydrogens is 262 g/mol. The van der Waals surface area contributed by atoms with Gasteiger partial charge in [-0.15, -0.1) is 5.10 Å². The van der Waals surface area contributed by atoms with Crippen LogP contribution in [-0.4, -0.2) is 35.2 Å². The molecule has 0 spiro atoms. The third-order valence-electron chi connectivity index (χ3n) is 2.49. The van der Waals surface area contributed by atoms with Gasteiger partial charge in [-0.1, -0.05) is 12.1 Å². The van der Waals surface area contributed by atoms with Gasteiger partial charge in [-0.2, -0.15) is 9.78 Å². The lowest BCUT2D eigenvalue weighted by Gasteiger charge is -2.11. The molecule has 1 aromatic carbocycles. The van der Waals surface area contributed by atoms with Crippen molar-refractivity contribution in [3.05, 3.63) is 34.6 Å². The summed E-state index contributed by atoms with van der Waals surface area (Å²) in [5.74, 6) is 5.96. The van der Waals surface area contributed by atoms with Crippen LogP contribution in [0.15, 0.2) is 29.4 Å². The molecule has 0 fully saturated rings. The molecule has 0 aliphatic rings. The number of H-pyrrole nitrogens is 1. The average Bonchev–Trinajstić information content (AvgIpc) is 2.71. The number of nitrogens with one attached hydrogen (secondary N) is 2. The fourth-order valence-corrected chi connectivity index (χ4v) is 1.54. The van der Waals surface area contributed by atoms with Crippen molar-refractivity contribution in [2.45, 2.75) is 0 Å². The summed E-state index contributed by atoms with van der Waals surface area (Å²) in [6.07, 6.45) is 1.68. The Bertz CT molecular complexity index is 623. The van der Waals surface area contributed by atoms with Crippen LogP contribution in [-0.2, 0) is 0 Å². The first-order valence-corrected chi connectivity index (χ1v) is 5.97. The smallest absolute Gasteiger partial charge is 0.262 e. The first kappa shape index (κ1) is 13.1. The number of anilines is 2. The molecule has 19 heavy (non-hydrogen) atoms. The number of nitrogens with two attached hydrogens (primary N) is 1. The molecule has 0 radical (unpaired) electrons. The van der Waals surface area contributed by atoms with E-state index in [-0.39, 0.29) is 0 Å². The monoisotopic (exact) mass is 277 g/mol. The molecule has 0 bridgehead atoms. The van der Waals surface area contributed by atoms with Gasteiger partial charge in [0, 0.05) is 19.8 Å². The Kier molecular flexibility index (Phi) is 3.81.